The largest absolute Gasteiger partial charge is 0.496 e. The molecular formula is C19H18N2O6. The van der Waals surface area contributed by atoms with E-state index < -0.39 is 17.9 Å². The molecule has 1 aliphatic rings. The van der Waals surface area contributed by atoms with Crippen LogP contribution in [0.5, 0.6) is 5.75 Å². The lowest BCUT2D eigenvalue weighted by Crippen LogP contribution is -2.30. The van der Waals surface area contributed by atoms with E-state index in [2.05, 4.69) is 10.1 Å². The fourth-order valence-electron chi connectivity index (χ4n) is 2.70. The van der Waals surface area contributed by atoms with E-state index in [0.29, 0.717) is 5.76 Å². The van der Waals surface area contributed by atoms with Crippen LogP contribution >= 0.6 is 0 Å². The zero-order valence-corrected chi connectivity index (χ0v) is 15.1. The predicted octanol–water partition coefficient (Wildman–Crippen LogP) is 2.48. The zero-order chi connectivity index (χ0) is 19.6. The molecule has 8 nitrogen and oxygen atoms in total. The van der Waals surface area contributed by atoms with Gasteiger partial charge in [-0.25, -0.2) is 9.59 Å². The molecule has 27 heavy (non-hydrogen) atoms. The van der Waals surface area contributed by atoms with E-state index in [0.717, 1.165) is 21.8 Å². The fraction of sp³-hybridized carbons (Fsp3) is 0.211. The Hall–Kier alpha value is -3.55. The lowest BCUT2D eigenvalue weighted by molar-refractivity contribution is -0.123. The highest BCUT2D eigenvalue weighted by Crippen LogP contribution is 2.22. The van der Waals surface area contributed by atoms with Crippen LogP contribution in [0.15, 0.2) is 40.4 Å². The van der Waals surface area contributed by atoms with Crippen LogP contribution < -0.4 is 10.1 Å². The van der Waals surface area contributed by atoms with Crippen molar-refractivity contribution in [2.24, 2.45) is 0 Å². The number of esters is 1. The van der Waals surface area contributed by atoms with Crippen LogP contribution in [-0.2, 0) is 16.1 Å². The molecule has 2 aromatic rings. The summed E-state index contributed by atoms with van der Waals surface area (Å²) >= 11 is 0. The van der Waals surface area contributed by atoms with Crippen molar-refractivity contribution in [3.63, 3.8) is 0 Å². The molecule has 2 heterocycles. The van der Waals surface area contributed by atoms with Crippen LogP contribution in [0.1, 0.15) is 27.4 Å². The quantitative estimate of drug-likeness (QED) is 0.493. The Morgan fingerprint density at radius 1 is 1.22 bits per heavy atom. The van der Waals surface area contributed by atoms with Crippen molar-refractivity contribution in [2.45, 2.75) is 13.5 Å². The number of carbonyl (C=O) groups excluding carboxylic acids is 3. The number of aryl methyl sites for hydroxylation is 1. The normalized spacial score (nSPS) is 15.2. The van der Waals surface area contributed by atoms with Gasteiger partial charge in [0.05, 0.1) is 20.8 Å². The third-order valence-electron chi connectivity index (χ3n) is 4.05. The number of methoxy groups -OCH3 is 2. The molecule has 8 heteroatoms. The zero-order valence-electron chi connectivity index (χ0n) is 15.1. The first kappa shape index (κ1) is 18.2. The molecule has 0 atom stereocenters. The fourth-order valence-corrected chi connectivity index (χ4v) is 2.70. The molecule has 0 radical (unpaired) electrons. The third-order valence-corrected chi connectivity index (χ3v) is 4.05. The average molecular weight is 370 g/mol. The van der Waals surface area contributed by atoms with Crippen molar-refractivity contribution in [3.8, 4) is 5.75 Å². The summed E-state index contributed by atoms with van der Waals surface area (Å²) in [6.07, 6.45) is 1.59. The number of rotatable bonds is 5. The van der Waals surface area contributed by atoms with Gasteiger partial charge >= 0.3 is 12.0 Å². The molecule has 1 aromatic heterocycles. The van der Waals surface area contributed by atoms with Crippen LogP contribution in [0, 0.1) is 6.92 Å². The SMILES string of the molecule is COC(=O)c1ccc(CN2C(=O)NC(=Cc3ccc(OC)c(C)c3)C2=O)o1. The first-order valence-corrected chi connectivity index (χ1v) is 8.09. The molecule has 1 aliphatic heterocycles. The number of urea groups is 1. The van der Waals surface area contributed by atoms with Crippen LogP contribution in [-0.4, -0.2) is 37.0 Å². The molecule has 1 N–H and O–H groups in total. The number of nitrogens with one attached hydrogen (secondary N) is 1. The minimum atomic E-state index is -0.631. The number of imide groups is 1. The molecular weight excluding hydrogens is 352 g/mol. The first-order chi connectivity index (χ1) is 12.9. The summed E-state index contributed by atoms with van der Waals surface area (Å²) in [7, 11) is 2.82. The molecule has 0 saturated carbocycles. The summed E-state index contributed by atoms with van der Waals surface area (Å²) in [6.45, 7) is 1.79. The van der Waals surface area contributed by atoms with Gasteiger partial charge in [-0.05, 0) is 48.4 Å². The number of furan rings is 1. The minimum Gasteiger partial charge on any atom is -0.496 e. The maximum atomic E-state index is 12.5. The highest BCUT2D eigenvalue weighted by molar-refractivity contribution is 6.13. The number of hydrogen-bond donors (Lipinski definition) is 1. The first-order valence-electron chi connectivity index (χ1n) is 8.09. The molecule has 0 spiro atoms. The molecule has 1 fully saturated rings. The van der Waals surface area contributed by atoms with Gasteiger partial charge in [0.2, 0.25) is 5.76 Å². The summed E-state index contributed by atoms with van der Waals surface area (Å²) in [5, 5.41) is 2.55. The van der Waals surface area contributed by atoms with Crippen LogP contribution in [0.2, 0.25) is 0 Å². The molecule has 0 unspecified atom stereocenters. The minimum absolute atomic E-state index is 0.00373. The van der Waals surface area contributed by atoms with Gasteiger partial charge in [-0.1, -0.05) is 6.07 Å². The Kier molecular flexibility index (Phi) is 4.98. The second-order valence-corrected chi connectivity index (χ2v) is 5.87. The molecule has 3 rings (SSSR count). The maximum Gasteiger partial charge on any atom is 0.373 e. The van der Waals surface area contributed by atoms with E-state index in [-0.39, 0.29) is 18.0 Å². The van der Waals surface area contributed by atoms with Gasteiger partial charge in [-0.2, -0.15) is 0 Å². The van der Waals surface area contributed by atoms with Gasteiger partial charge in [-0.3, -0.25) is 9.69 Å². The van der Waals surface area contributed by atoms with E-state index in [1.807, 2.05) is 13.0 Å². The standard InChI is InChI=1S/C19H18N2O6/c1-11-8-12(4-6-15(11)25-2)9-14-17(22)21(19(24)20-14)10-13-5-7-16(27-13)18(23)26-3/h4-9H,10H2,1-3H3,(H,20,24). The maximum absolute atomic E-state index is 12.5. The van der Waals surface area contributed by atoms with E-state index >= 15 is 0 Å². The lowest BCUT2D eigenvalue weighted by Gasteiger charge is -2.09. The summed E-state index contributed by atoms with van der Waals surface area (Å²) < 4.78 is 15.1. The van der Waals surface area contributed by atoms with Crippen molar-refractivity contribution in [1.29, 1.82) is 0 Å². The second-order valence-electron chi connectivity index (χ2n) is 5.87. The van der Waals surface area contributed by atoms with Crippen molar-refractivity contribution in [3.05, 3.63) is 58.7 Å². The smallest absolute Gasteiger partial charge is 0.373 e. The summed E-state index contributed by atoms with van der Waals surface area (Å²) in [5.74, 6) is -0.0809. The Morgan fingerprint density at radius 2 is 2.00 bits per heavy atom. The summed E-state index contributed by atoms with van der Waals surface area (Å²) in [6, 6.07) is 7.81. The average Bonchev–Trinajstić information content (AvgIpc) is 3.22. The monoisotopic (exact) mass is 370 g/mol. The second kappa shape index (κ2) is 7.36. The van der Waals surface area contributed by atoms with Crippen molar-refractivity contribution < 1.29 is 28.3 Å². The Balaban J connectivity index is 1.77. The summed E-state index contributed by atoms with van der Waals surface area (Å²) in [5.41, 5.74) is 1.82. The van der Waals surface area contributed by atoms with Crippen molar-refractivity contribution >= 4 is 24.0 Å². The van der Waals surface area contributed by atoms with Crippen LogP contribution in [0.25, 0.3) is 6.08 Å². The molecule has 0 bridgehead atoms. The number of nitrogens with zero attached hydrogens (tertiary/aromatic N) is 1. The van der Waals surface area contributed by atoms with Gasteiger partial charge in [0, 0.05) is 0 Å². The van der Waals surface area contributed by atoms with Crippen molar-refractivity contribution in [1.82, 2.24) is 10.2 Å². The predicted molar refractivity (Wildman–Crippen MR) is 94.8 cm³/mol. The number of ether oxygens (including phenoxy) is 2. The highest BCUT2D eigenvalue weighted by Gasteiger charge is 2.34. The van der Waals surface area contributed by atoms with Crippen LogP contribution in [0.3, 0.4) is 0 Å². The van der Waals surface area contributed by atoms with E-state index in [4.69, 9.17) is 9.15 Å². The molecule has 1 saturated heterocycles. The lowest BCUT2D eigenvalue weighted by atomic mass is 10.1. The van der Waals surface area contributed by atoms with Gasteiger partial charge < -0.3 is 19.2 Å². The molecule has 3 amide bonds. The number of benzene rings is 1. The van der Waals surface area contributed by atoms with Crippen LogP contribution in [0.4, 0.5) is 4.79 Å². The van der Waals surface area contributed by atoms with E-state index in [9.17, 15) is 14.4 Å². The Bertz CT molecular complexity index is 943. The van der Waals surface area contributed by atoms with Gasteiger partial charge in [-0.15, -0.1) is 0 Å². The number of hydrogen-bond acceptors (Lipinski definition) is 6. The topological polar surface area (TPSA) is 98.1 Å². The third kappa shape index (κ3) is 3.69. The number of amides is 3. The molecule has 0 aliphatic carbocycles. The Morgan fingerprint density at radius 3 is 2.67 bits per heavy atom. The molecule has 140 valence electrons. The highest BCUT2D eigenvalue weighted by atomic mass is 16.5. The Labute approximate surface area is 155 Å². The molecule has 1 aromatic carbocycles. The van der Waals surface area contributed by atoms with Gasteiger partial charge in [0.25, 0.3) is 5.91 Å². The summed E-state index contributed by atoms with van der Waals surface area (Å²) in [4.78, 5) is 37.1. The van der Waals surface area contributed by atoms with E-state index in [1.165, 1.54) is 19.2 Å². The van der Waals surface area contributed by atoms with Crippen molar-refractivity contribution in [2.75, 3.05) is 14.2 Å². The van der Waals surface area contributed by atoms with E-state index in [1.54, 1.807) is 25.3 Å². The van der Waals surface area contributed by atoms with Gasteiger partial charge in [0.1, 0.15) is 17.2 Å². The number of carbonyl (C=O) groups is 3. The van der Waals surface area contributed by atoms with Gasteiger partial charge in [0.15, 0.2) is 0 Å².